The van der Waals surface area contributed by atoms with Crippen LogP contribution >= 0.6 is 0 Å². The SMILES string of the molecule is CC(C)(C)OC(=O)N1CCC2(CNc3ccccc3CO2)C1. The van der Waals surface area contributed by atoms with E-state index < -0.39 is 5.60 Å². The van der Waals surface area contributed by atoms with Gasteiger partial charge in [-0.2, -0.15) is 0 Å². The molecule has 2 heterocycles. The molecule has 1 atom stereocenters. The molecule has 5 heteroatoms. The molecule has 1 unspecified atom stereocenters. The second-order valence-corrected chi connectivity index (χ2v) is 7.13. The molecule has 1 amide bonds. The molecule has 2 aliphatic heterocycles. The van der Waals surface area contributed by atoms with E-state index in [4.69, 9.17) is 9.47 Å². The minimum atomic E-state index is -0.467. The van der Waals surface area contributed by atoms with E-state index in [9.17, 15) is 4.79 Å². The van der Waals surface area contributed by atoms with Crippen LogP contribution in [0.25, 0.3) is 0 Å². The number of carbonyl (C=O) groups is 1. The number of anilines is 1. The largest absolute Gasteiger partial charge is 0.444 e. The molecule has 0 aromatic heterocycles. The molecule has 5 nitrogen and oxygen atoms in total. The fraction of sp³-hybridized carbons (Fsp3) is 0.588. The van der Waals surface area contributed by atoms with Crippen LogP contribution in [0, 0.1) is 0 Å². The number of benzene rings is 1. The number of nitrogens with zero attached hydrogens (tertiary/aromatic N) is 1. The highest BCUT2D eigenvalue weighted by Crippen LogP contribution is 2.32. The molecule has 1 spiro atoms. The minimum absolute atomic E-state index is 0.255. The molecule has 1 saturated heterocycles. The Morgan fingerprint density at radius 3 is 2.91 bits per heavy atom. The van der Waals surface area contributed by atoms with E-state index in [0.29, 0.717) is 26.2 Å². The van der Waals surface area contributed by atoms with E-state index in [2.05, 4.69) is 17.4 Å². The smallest absolute Gasteiger partial charge is 0.410 e. The summed E-state index contributed by atoms with van der Waals surface area (Å²) in [5, 5.41) is 3.46. The summed E-state index contributed by atoms with van der Waals surface area (Å²) in [6.07, 6.45) is 0.572. The van der Waals surface area contributed by atoms with Crippen molar-refractivity contribution in [1.29, 1.82) is 0 Å². The van der Waals surface area contributed by atoms with Crippen molar-refractivity contribution in [3.63, 3.8) is 0 Å². The standard InChI is InChI=1S/C17H24N2O3/c1-16(2,3)22-15(20)19-9-8-17(12-19)11-18-14-7-5-4-6-13(14)10-21-17/h4-7,18H,8-12H2,1-3H3. The number of para-hydroxylation sites is 1. The maximum atomic E-state index is 12.2. The molecule has 2 aliphatic rings. The fourth-order valence-electron chi connectivity index (χ4n) is 2.95. The van der Waals surface area contributed by atoms with Gasteiger partial charge in [0, 0.05) is 24.3 Å². The van der Waals surface area contributed by atoms with Crippen molar-refractivity contribution in [2.75, 3.05) is 25.0 Å². The lowest BCUT2D eigenvalue weighted by molar-refractivity contribution is -0.0382. The summed E-state index contributed by atoms with van der Waals surface area (Å²) in [5.74, 6) is 0. The predicted molar refractivity (Wildman–Crippen MR) is 84.9 cm³/mol. The van der Waals surface area contributed by atoms with Crippen LogP contribution in [-0.2, 0) is 16.1 Å². The quantitative estimate of drug-likeness (QED) is 0.800. The minimum Gasteiger partial charge on any atom is -0.444 e. The molecule has 0 saturated carbocycles. The van der Waals surface area contributed by atoms with Gasteiger partial charge in [0.2, 0.25) is 0 Å². The Bertz CT molecular complexity index is 538. The Morgan fingerprint density at radius 1 is 1.36 bits per heavy atom. The molecule has 1 aromatic rings. The Morgan fingerprint density at radius 2 is 2.14 bits per heavy atom. The highest BCUT2D eigenvalue weighted by Gasteiger charge is 2.43. The molecular weight excluding hydrogens is 280 g/mol. The molecule has 0 radical (unpaired) electrons. The van der Waals surface area contributed by atoms with Gasteiger partial charge in [0.05, 0.1) is 13.2 Å². The molecule has 3 rings (SSSR count). The van der Waals surface area contributed by atoms with Crippen molar-refractivity contribution in [3.05, 3.63) is 29.8 Å². The van der Waals surface area contributed by atoms with Gasteiger partial charge in [-0.3, -0.25) is 0 Å². The maximum Gasteiger partial charge on any atom is 0.410 e. The summed E-state index contributed by atoms with van der Waals surface area (Å²) in [4.78, 5) is 14.0. The molecule has 0 aliphatic carbocycles. The van der Waals surface area contributed by atoms with Crippen LogP contribution < -0.4 is 5.32 Å². The van der Waals surface area contributed by atoms with Gasteiger partial charge >= 0.3 is 6.09 Å². The first-order valence-corrected chi connectivity index (χ1v) is 7.81. The normalized spacial score (nSPS) is 24.6. The van der Waals surface area contributed by atoms with Crippen LogP contribution in [0.15, 0.2) is 24.3 Å². The third-order valence-electron chi connectivity index (χ3n) is 4.12. The third-order valence-corrected chi connectivity index (χ3v) is 4.12. The Hall–Kier alpha value is -1.75. The van der Waals surface area contributed by atoms with Gasteiger partial charge in [-0.1, -0.05) is 18.2 Å². The van der Waals surface area contributed by atoms with E-state index in [-0.39, 0.29) is 11.7 Å². The fourth-order valence-corrected chi connectivity index (χ4v) is 2.95. The zero-order chi connectivity index (χ0) is 15.8. The summed E-state index contributed by atoms with van der Waals surface area (Å²) in [7, 11) is 0. The van der Waals surface area contributed by atoms with Crippen molar-refractivity contribution >= 4 is 11.8 Å². The average molecular weight is 304 g/mol. The molecule has 22 heavy (non-hydrogen) atoms. The maximum absolute atomic E-state index is 12.2. The number of amides is 1. The molecule has 1 aromatic carbocycles. The Balaban J connectivity index is 1.66. The van der Waals surface area contributed by atoms with E-state index in [1.807, 2.05) is 32.9 Å². The van der Waals surface area contributed by atoms with Gasteiger partial charge < -0.3 is 19.7 Å². The van der Waals surface area contributed by atoms with Gasteiger partial charge in [0.1, 0.15) is 11.2 Å². The van der Waals surface area contributed by atoms with Gasteiger partial charge in [0.25, 0.3) is 0 Å². The summed E-state index contributed by atoms with van der Waals surface area (Å²) < 4.78 is 11.6. The number of likely N-dealkylation sites (tertiary alicyclic amines) is 1. The zero-order valence-electron chi connectivity index (χ0n) is 13.5. The summed E-state index contributed by atoms with van der Waals surface area (Å²) in [6, 6.07) is 8.18. The van der Waals surface area contributed by atoms with Crippen LogP contribution in [0.1, 0.15) is 32.8 Å². The number of ether oxygens (including phenoxy) is 2. The molecule has 1 N–H and O–H groups in total. The van der Waals surface area contributed by atoms with Gasteiger partial charge in [-0.15, -0.1) is 0 Å². The Labute approximate surface area is 131 Å². The lowest BCUT2D eigenvalue weighted by atomic mass is 10.0. The van der Waals surface area contributed by atoms with Crippen LogP contribution in [0.5, 0.6) is 0 Å². The van der Waals surface area contributed by atoms with Gasteiger partial charge in [-0.05, 0) is 33.3 Å². The molecular formula is C17H24N2O3. The summed E-state index contributed by atoms with van der Waals surface area (Å²) in [6.45, 7) is 8.19. The molecule has 0 bridgehead atoms. The lowest BCUT2D eigenvalue weighted by Crippen LogP contribution is -2.43. The van der Waals surface area contributed by atoms with Crippen LogP contribution in [0.2, 0.25) is 0 Å². The van der Waals surface area contributed by atoms with E-state index in [0.717, 1.165) is 17.7 Å². The average Bonchev–Trinajstić information content (AvgIpc) is 2.78. The van der Waals surface area contributed by atoms with Crippen LogP contribution in [0.4, 0.5) is 10.5 Å². The molecule has 1 fully saturated rings. The van der Waals surface area contributed by atoms with Crippen molar-refractivity contribution in [2.45, 2.75) is 45.0 Å². The summed E-state index contributed by atoms with van der Waals surface area (Å²) >= 11 is 0. The second-order valence-electron chi connectivity index (χ2n) is 7.13. The van der Waals surface area contributed by atoms with Gasteiger partial charge in [-0.25, -0.2) is 4.79 Å². The van der Waals surface area contributed by atoms with Crippen molar-refractivity contribution in [2.24, 2.45) is 0 Å². The summed E-state index contributed by atoms with van der Waals surface area (Å²) in [5.41, 5.74) is 1.49. The first-order valence-electron chi connectivity index (χ1n) is 7.81. The topological polar surface area (TPSA) is 50.8 Å². The van der Waals surface area contributed by atoms with E-state index in [1.54, 1.807) is 4.90 Å². The Kier molecular flexibility index (Phi) is 3.77. The van der Waals surface area contributed by atoms with Crippen molar-refractivity contribution in [1.82, 2.24) is 4.90 Å². The number of rotatable bonds is 0. The number of hydrogen-bond acceptors (Lipinski definition) is 4. The van der Waals surface area contributed by atoms with Crippen LogP contribution in [0.3, 0.4) is 0 Å². The zero-order valence-corrected chi connectivity index (χ0v) is 13.5. The monoisotopic (exact) mass is 304 g/mol. The third kappa shape index (κ3) is 3.19. The first-order chi connectivity index (χ1) is 10.4. The highest BCUT2D eigenvalue weighted by molar-refractivity contribution is 5.68. The number of fused-ring (bicyclic) bond motifs is 1. The lowest BCUT2D eigenvalue weighted by Gasteiger charge is -2.29. The van der Waals surface area contributed by atoms with Gasteiger partial charge in [0.15, 0.2) is 0 Å². The van der Waals surface area contributed by atoms with Crippen molar-refractivity contribution in [3.8, 4) is 0 Å². The second kappa shape index (κ2) is 5.47. The van der Waals surface area contributed by atoms with E-state index >= 15 is 0 Å². The van der Waals surface area contributed by atoms with E-state index in [1.165, 1.54) is 0 Å². The van der Waals surface area contributed by atoms with Crippen LogP contribution in [-0.4, -0.2) is 41.8 Å². The first kappa shape index (κ1) is 15.2. The number of nitrogens with one attached hydrogen (secondary N) is 1. The predicted octanol–water partition coefficient (Wildman–Crippen LogP) is 3.01. The number of hydrogen-bond donors (Lipinski definition) is 1. The van der Waals surface area contributed by atoms with Crippen molar-refractivity contribution < 1.29 is 14.3 Å². The highest BCUT2D eigenvalue weighted by atomic mass is 16.6. The number of carbonyl (C=O) groups excluding carboxylic acids is 1. The molecule has 120 valence electrons.